The van der Waals surface area contributed by atoms with Gasteiger partial charge in [-0.15, -0.1) is 0 Å². The molecule has 0 heteroatoms. The number of hydrogen-bond donors (Lipinski definition) is 0. The summed E-state index contributed by atoms with van der Waals surface area (Å²) >= 11 is 0. The van der Waals surface area contributed by atoms with Crippen molar-refractivity contribution in [3.05, 3.63) is 41.5 Å². The number of benzene rings is 1. The Bertz CT molecular complexity index is 284. The van der Waals surface area contributed by atoms with Gasteiger partial charge in [0.1, 0.15) is 0 Å². The van der Waals surface area contributed by atoms with Gasteiger partial charge in [-0.05, 0) is 36.5 Å². The van der Waals surface area contributed by atoms with E-state index in [2.05, 4.69) is 38.6 Å². The molecule has 0 bridgehead atoms. The van der Waals surface area contributed by atoms with Crippen LogP contribution >= 0.6 is 0 Å². The predicted octanol–water partition coefficient (Wildman–Crippen LogP) is 3.98. The Morgan fingerprint density at radius 2 is 2.15 bits per heavy atom. The van der Waals surface area contributed by atoms with Gasteiger partial charge in [-0.3, -0.25) is 0 Å². The zero-order valence-corrected chi connectivity index (χ0v) is 8.64. The summed E-state index contributed by atoms with van der Waals surface area (Å²) in [6, 6.07) is 6.49. The molecule has 0 radical (unpaired) electrons. The third kappa shape index (κ3) is 2.45. The van der Waals surface area contributed by atoms with Crippen LogP contribution in [0.5, 0.6) is 0 Å². The van der Waals surface area contributed by atoms with Crippen LogP contribution in [0.1, 0.15) is 36.5 Å². The van der Waals surface area contributed by atoms with E-state index >= 15 is 0 Å². The number of aryl methyl sites for hydroxylation is 2. The molecule has 0 heterocycles. The van der Waals surface area contributed by atoms with Crippen molar-refractivity contribution in [3.63, 3.8) is 0 Å². The zero-order valence-electron chi connectivity index (χ0n) is 8.64. The van der Waals surface area contributed by atoms with Crippen molar-refractivity contribution in [2.45, 2.75) is 33.1 Å². The quantitative estimate of drug-likeness (QED) is 0.647. The molecule has 0 aliphatic carbocycles. The van der Waals surface area contributed by atoms with E-state index < -0.39 is 0 Å². The van der Waals surface area contributed by atoms with E-state index in [9.17, 15) is 0 Å². The highest BCUT2D eigenvalue weighted by atomic mass is 14.1. The summed E-state index contributed by atoms with van der Waals surface area (Å²) in [4.78, 5) is 0. The van der Waals surface area contributed by atoms with Crippen LogP contribution < -0.4 is 0 Å². The van der Waals surface area contributed by atoms with Crippen LogP contribution in [0.15, 0.2) is 24.8 Å². The molecule has 0 atom stereocenters. The second-order valence-corrected chi connectivity index (χ2v) is 3.46. The molecule has 0 N–H and O–H groups in total. The molecular weight excluding hydrogens is 156 g/mol. The normalized spacial score (nSPS) is 10.0. The standard InChI is InChI=1S/C13H18/c1-4-6-9-12-10-7-8-11(3)13(12)5-2/h5,7-8,10H,2,4,6,9H2,1,3H3. The second kappa shape index (κ2) is 4.86. The van der Waals surface area contributed by atoms with Gasteiger partial charge in [0.15, 0.2) is 0 Å². The minimum absolute atomic E-state index is 1.18. The molecule has 13 heavy (non-hydrogen) atoms. The van der Waals surface area contributed by atoms with Crippen molar-refractivity contribution in [3.8, 4) is 0 Å². The summed E-state index contributed by atoms with van der Waals surface area (Å²) in [5.41, 5.74) is 4.11. The topological polar surface area (TPSA) is 0 Å². The SMILES string of the molecule is C=Cc1c(C)cccc1CCCC. The molecular formula is C13H18. The Hall–Kier alpha value is -1.04. The fourth-order valence-corrected chi connectivity index (χ4v) is 1.62. The first-order chi connectivity index (χ1) is 6.29. The van der Waals surface area contributed by atoms with Gasteiger partial charge in [0.25, 0.3) is 0 Å². The number of hydrogen-bond acceptors (Lipinski definition) is 0. The maximum atomic E-state index is 3.86. The second-order valence-electron chi connectivity index (χ2n) is 3.46. The van der Waals surface area contributed by atoms with Crippen LogP contribution in [0.2, 0.25) is 0 Å². The molecule has 0 aliphatic rings. The van der Waals surface area contributed by atoms with E-state index in [1.165, 1.54) is 36.0 Å². The molecule has 70 valence electrons. The van der Waals surface area contributed by atoms with E-state index in [1.54, 1.807) is 0 Å². The fourth-order valence-electron chi connectivity index (χ4n) is 1.62. The summed E-state index contributed by atoms with van der Waals surface area (Å²) in [6.07, 6.45) is 5.68. The smallest absolute Gasteiger partial charge is 0.0201 e. The van der Waals surface area contributed by atoms with Crippen molar-refractivity contribution in [2.75, 3.05) is 0 Å². The van der Waals surface area contributed by atoms with Crippen molar-refractivity contribution in [1.29, 1.82) is 0 Å². The van der Waals surface area contributed by atoms with Crippen LogP contribution in [0.25, 0.3) is 6.08 Å². The van der Waals surface area contributed by atoms with Gasteiger partial charge in [0, 0.05) is 0 Å². The number of unbranched alkanes of at least 4 members (excludes halogenated alkanes) is 1. The van der Waals surface area contributed by atoms with Gasteiger partial charge in [-0.1, -0.05) is 44.2 Å². The van der Waals surface area contributed by atoms with Gasteiger partial charge < -0.3 is 0 Å². The lowest BCUT2D eigenvalue weighted by molar-refractivity contribution is 0.793. The molecule has 0 aromatic heterocycles. The fraction of sp³-hybridized carbons (Fsp3) is 0.385. The summed E-state index contributed by atoms with van der Waals surface area (Å²) < 4.78 is 0. The highest BCUT2D eigenvalue weighted by molar-refractivity contribution is 5.56. The average molecular weight is 174 g/mol. The van der Waals surface area contributed by atoms with Gasteiger partial charge in [-0.25, -0.2) is 0 Å². The first-order valence-electron chi connectivity index (χ1n) is 5.00. The van der Waals surface area contributed by atoms with Crippen molar-refractivity contribution in [2.24, 2.45) is 0 Å². The molecule has 0 fully saturated rings. The zero-order chi connectivity index (χ0) is 9.68. The van der Waals surface area contributed by atoms with Crippen molar-refractivity contribution >= 4 is 6.08 Å². The summed E-state index contributed by atoms with van der Waals surface area (Å²) in [5, 5.41) is 0. The molecule has 0 unspecified atom stereocenters. The Balaban J connectivity index is 2.91. The molecule has 0 amide bonds. The van der Waals surface area contributed by atoms with E-state index in [0.29, 0.717) is 0 Å². The number of rotatable bonds is 4. The van der Waals surface area contributed by atoms with Crippen LogP contribution in [0.4, 0.5) is 0 Å². The summed E-state index contributed by atoms with van der Waals surface area (Å²) in [7, 11) is 0. The van der Waals surface area contributed by atoms with Crippen molar-refractivity contribution in [1.82, 2.24) is 0 Å². The molecule has 0 saturated heterocycles. The third-order valence-corrected chi connectivity index (χ3v) is 2.42. The Morgan fingerprint density at radius 1 is 1.38 bits per heavy atom. The minimum Gasteiger partial charge on any atom is -0.0985 e. The lowest BCUT2D eigenvalue weighted by atomic mass is 9.98. The third-order valence-electron chi connectivity index (χ3n) is 2.42. The lowest BCUT2D eigenvalue weighted by Gasteiger charge is -2.07. The first kappa shape index (κ1) is 10.0. The van der Waals surface area contributed by atoms with Crippen molar-refractivity contribution < 1.29 is 0 Å². The molecule has 0 aliphatic heterocycles. The van der Waals surface area contributed by atoms with Gasteiger partial charge in [0.05, 0.1) is 0 Å². The van der Waals surface area contributed by atoms with Crippen LogP contribution in [0.3, 0.4) is 0 Å². The molecule has 1 rings (SSSR count). The average Bonchev–Trinajstić information content (AvgIpc) is 2.15. The lowest BCUT2D eigenvalue weighted by Crippen LogP contribution is -1.91. The van der Waals surface area contributed by atoms with Crippen LogP contribution in [-0.2, 0) is 6.42 Å². The molecule has 0 spiro atoms. The Labute approximate surface area is 81.3 Å². The van der Waals surface area contributed by atoms with Gasteiger partial charge in [-0.2, -0.15) is 0 Å². The van der Waals surface area contributed by atoms with Crippen LogP contribution in [-0.4, -0.2) is 0 Å². The molecule has 1 aromatic carbocycles. The molecule has 0 nitrogen and oxygen atoms in total. The first-order valence-corrected chi connectivity index (χ1v) is 5.00. The monoisotopic (exact) mass is 174 g/mol. The highest BCUT2D eigenvalue weighted by Gasteiger charge is 2.00. The Kier molecular flexibility index (Phi) is 3.75. The van der Waals surface area contributed by atoms with Crippen LogP contribution in [0, 0.1) is 6.92 Å². The van der Waals surface area contributed by atoms with Gasteiger partial charge in [0.2, 0.25) is 0 Å². The maximum absolute atomic E-state index is 3.86. The molecule has 1 aromatic rings. The maximum Gasteiger partial charge on any atom is -0.0201 e. The van der Waals surface area contributed by atoms with E-state index in [1.807, 2.05) is 6.08 Å². The summed E-state index contributed by atoms with van der Waals surface area (Å²) in [5.74, 6) is 0. The summed E-state index contributed by atoms with van der Waals surface area (Å²) in [6.45, 7) is 8.23. The van der Waals surface area contributed by atoms with E-state index in [0.717, 1.165) is 0 Å². The van der Waals surface area contributed by atoms with E-state index in [-0.39, 0.29) is 0 Å². The van der Waals surface area contributed by atoms with Gasteiger partial charge >= 0.3 is 0 Å². The predicted molar refractivity (Wildman–Crippen MR) is 59.9 cm³/mol. The largest absolute Gasteiger partial charge is 0.0985 e. The minimum atomic E-state index is 1.18. The highest BCUT2D eigenvalue weighted by Crippen LogP contribution is 2.17. The molecule has 0 saturated carbocycles. The Morgan fingerprint density at radius 3 is 2.77 bits per heavy atom. The van der Waals surface area contributed by atoms with E-state index in [4.69, 9.17) is 0 Å².